The minimum atomic E-state index is -0.896. The first-order valence-corrected chi connectivity index (χ1v) is 10.8. The summed E-state index contributed by atoms with van der Waals surface area (Å²) in [5.41, 5.74) is 0.515. The van der Waals surface area contributed by atoms with Crippen LogP contribution in [-0.4, -0.2) is 52.8 Å². The molecule has 1 saturated carbocycles. The lowest BCUT2D eigenvalue weighted by molar-refractivity contribution is -0.152. The molecule has 7 heteroatoms. The van der Waals surface area contributed by atoms with E-state index in [0.29, 0.717) is 37.4 Å². The molecule has 0 radical (unpaired) electrons. The maximum absolute atomic E-state index is 12.8. The van der Waals surface area contributed by atoms with Crippen molar-refractivity contribution in [2.75, 3.05) is 19.7 Å². The van der Waals surface area contributed by atoms with Crippen molar-refractivity contribution in [2.24, 2.45) is 5.92 Å². The number of piperidine rings is 1. The Balaban J connectivity index is 1.44. The third-order valence-electron chi connectivity index (χ3n) is 6.45. The van der Waals surface area contributed by atoms with Crippen molar-refractivity contribution < 1.29 is 24.5 Å². The number of rotatable bonds is 3. The number of amides is 1. The van der Waals surface area contributed by atoms with Gasteiger partial charge in [-0.15, -0.1) is 11.3 Å². The average Bonchev–Trinajstić information content (AvgIpc) is 3.15. The van der Waals surface area contributed by atoms with Crippen LogP contribution in [0.4, 0.5) is 0 Å². The summed E-state index contributed by atoms with van der Waals surface area (Å²) in [6.07, 6.45) is 6.42. The molecule has 3 aliphatic rings. The van der Waals surface area contributed by atoms with Gasteiger partial charge in [0, 0.05) is 24.4 Å². The Kier molecular flexibility index (Phi) is 5.27. The average molecular weight is 394 g/mol. The van der Waals surface area contributed by atoms with E-state index in [1.807, 2.05) is 0 Å². The fraction of sp³-hybridized carbons (Fsp3) is 0.700. The Morgan fingerprint density at radius 3 is 2.59 bits per heavy atom. The van der Waals surface area contributed by atoms with Gasteiger partial charge in [-0.2, -0.15) is 0 Å². The molecule has 2 N–H and O–H groups in total. The number of carboxylic acids is 1. The van der Waals surface area contributed by atoms with E-state index in [4.69, 9.17) is 4.74 Å². The van der Waals surface area contributed by atoms with Crippen LogP contribution in [0.5, 0.6) is 0 Å². The molecule has 27 heavy (non-hydrogen) atoms. The molecule has 1 atom stereocenters. The number of hydrogen-bond donors (Lipinski definition) is 2. The summed E-state index contributed by atoms with van der Waals surface area (Å²) in [4.78, 5) is 27.3. The second-order valence-corrected chi connectivity index (χ2v) is 9.15. The maximum Gasteiger partial charge on any atom is 0.345 e. The van der Waals surface area contributed by atoms with Crippen LogP contribution in [0.3, 0.4) is 0 Å². The standard InChI is InChI=1S/C20H27NO5S/c22-17(13-4-2-1-3-5-13)18(23)21-9-7-20(8-10-21)14-12-16(19(24)25)27-15(14)6-11-26-20/h12-13,17,22H,1-11H2,(H,24,25)/t17-/m1/s1. The molecule has 1 aromatic heterocycles. The first kappa shape index (κ1) is 18.9. The predicted octanol–water partition coefficient (Wildman–Crippen LogP) is 2.78. The number of carbonyl (C=O) groups excluding carboxylic acids is 1. The van der Waals surface area contributed by atoms with E-state index in [-0.39, 0.29) is 11.8 Å². The van der Waals surface area contributed by atoms with E-state index < -0.39 is 17.7 Å². The number of ether oxygens (including phenoxy) is 1. The van der Waals surface area contributed by atoms with Gasteiger partial charge in [-0.05, 0) is 43.2 Å². The highest BCUT2D eigenvalue weighted by Crippen LogP contribution is 2.44. The van der Waals surface area contributed by atoms with Gasteiger partial charge in [0.1, 0.15) is 11.0 Å². The van der Waals surface area contributed by atoms with E-state index in [1.54, 1.807) is 11.0 Å². The van der Waals surface area contributed by atoms with Crippen LogP contribution in [0.2, 0.25) is 0 Å². The number of aliphatic hydroxyl groups excluding tert-OH is 1. The zero-order valence-electron chi connectivity index (χ0n) is 15.5. The Hall–Kier alpha value is -1.44. The molecule has 1 aliphatic carbocycles. The molecule has 4 rings (SSSR count). The van der Waals surface area contributed by atoms with Gasteiger partial charge in [-0.1, -0.05) is 19.3 Å². The van der Waals surface area contributed by atoms with Crippen LogP contribution < -0.4 is 0 Å². The topological polar surface area (TPSA) is 87.1 Å². The summed E-state index contributed by atoms with van der Waals surface area (Å²) >= 11 is 1.34. The summed E-state index contributed by atoms with van der Waals surface area (Å²) in [6.45, 7) is 1.67. The SMILES string of the molecule is O=C(O)c1cc2c(s1)CCOC21CCN(C(=O)[C@H](O)C2CCCCC2)CC1. The molecule has 0 aromatic carbocycles. The van der Waals surface area contributed by atoms with Gasteiger partial charge in [0.2, 0.25) is 0 Å². The maximum atomic E-state index is 12.8. The van der Waals surface area contributed by atoms with Crippen molar-refractivity contribution in [3.8, 4) is 0 Å². The molecule has 148 valence electrons. The van der Waals surface area contributed by atoms with Crippen molar-refractivity contribution in [2.45, 2.75) is 63.1 Å². The van der Waals surface area contributed by atoms with Crippen molar-refractivity contribution in [1.82, 2.24) is 4.90 Å². The molecule has 1 spiro atoms. The lowest BCUT2D eigenvalue weighted by atomic mass is 9.81. The molecule has 1 amide bonds. The van der Waals surface area contributed by atoms with Crippen LogP contribution >= 0.6 is 11.3 Å². The monoisotopic (exact) mass is 393 g/mol. The molecular formula is C20H27NO5S. The molecule has 6 nitrogen and oxygen atoms in total. The van der Waals surface area contributed by atoms with Crippen molar-refractivity contribution in [3.05, 3.63) is 21.4 Å². The van der Waals surface area contributed by atoms with Crippen LogP contribution in [0.1, 0.15) is 65.1 Å². The van der Waals surface area contributed by atoms with E-state index in [9.17, 15) is 19.8 Å². The normalized spacial score (nSPS) is 23.8. The molecule has 0 unspecified atom stereocenters. The zero-order valence-corrected chi connectivity index (χ0v) is 16.3. The first-order valence-electron chi connectivity index (χ1n) is 9.97. The minimum Gasteiger partial charge on any atom is -0.477 e. The summed E-state index contributed by atoms with van der Waals surface area (Å²) in [5.74, 6) is -0.952. The van der Waals surface area contributed by atoms with Gasteiger partial charge >= 0.3 is 5.97 Å². The van der Waals surface area contributed by atoms with Crippen LogP contribution in [0.15, 0.2) is 6.07 Å². The number of aromatic carboxylic acids is 1. The Morgan fingerprint density at radius 1 is 1.22 bits per heavy atom. The van der Waals surface area contributed by atoms with Crippen molar-refractivity contribution in [3.63, 3.8) is 0 Å². The number of hydrogen-bond acceptors (Lipinski definition) is 5. The Bertz CT molecular complexity index is 716. The Labute approximate surface area is 163 Å². The first-order chi connectivity index (χ1) is 13.0. The lowest BCUT2D eigenvalue weighted by Crippen LogP contribution is -2.51. The van der Waals surface area contributed by atoms with Crippen molar-refractivity contribution in [1.29, 1.82) is 0 Å². The number of fused-ring (bicyclic) bond motifs is 2. The molecular weight excluding hydrogens is 366 g/mol. The largest absolute Gasteiger partial charge is 0.477 e. The third-order valence-corrected chi connectivity index (χ3v) is 7.63. The van der Waals surface area contributed by atoms with Crippen LogP contribution in [0, 0.1) is 5.92 Å². The fourth-order valence-electron chi connectivity index (χ4n) is 4.86. The van der Waals surface area contributed by atoms with Crippen LogP contribution in [-0.2, 0) is 21.6 Å². The van der Waals surface area contributed by atoms with E-state index in [2.05, 4.69) is 0 Å². The summed E-state index contributed by atoms with van der Waals surface area (Å²) in [6, 6.07) is 1.76. The fourth-order valence-corrected chi connectivity index (χ4v) is 5.93. The lowest BCUT2D eigenvalue weighted by Gasteiger charge is -2.44. The second kappa shape index (κ2) is 7.53. The number of carboxylic acid groups (broad SMARTS) is 1. The van der Waals surface area contributed by atoms with Gasteiger partial charge < -0.3 is 19.8 Å². The molecule has 3 heterocycles. The molecule has 2 fully saturated rings. The highest BCUT2D eigenvalue weighted by molar-refractivity contribution is 7.14. The minimum absolute atomic E-state index is 0.0923. The van der Waals surface area contributed by atoms with Crippen LogP contribution in [0.25, 0.3) is 0 Å². The number of carbonyl (C=O) groups is 2. The van der Waals surface area contributed by atoms with E-state index in [1.165, 1.54) is 17.8 Å². The molecule has 1 saturated heterocycles. The molecule has 1 aromatic rings. The highest BCUT2D eigenvalue weighted by Gasteiger charge is 2.44. The van der Waals surface area contributed by atoms with E-state index in [0.717, 1.165) is 42.5 Å². The third kappa shape index (κ3) is 3.52. The van der Waals surface area contributed by atoms with E-state index >= 15 is 0 Å². The van der Waals surface area contributed by atoms with Gasteiger partial charge in [-0.25, -0.2) is 4.79 Å². The molecule has 0 bridgehead atoms. The smallest absolute Gasteiger partial charge is 0.345 e. The number of thiophene rings is 1. The number of likely N-dealkylation sites (tertiary alicyclic amines) is 1. The summed E-state index contributed by atoms with van der Waals surface area (Å²) < 4.78 is 6.14. The van der Waals surface area contributed by atoms with Gasteiger partial charge in [0.25, 0.3) is 5.91 Å². The van der Waals surface area contributed by atoms with Crippen molar-refractivity contribution >= 4 is 23.2 Å². The van der Waals surface area contributed by atoms with Gasteiger partial charge in [0.05, 0.1) is 12.2 Å². The van der Waals surface area contributed by atoms with Gasteiger partial charge in [0.15, 0.2) is 0 Å². The predicted molar refractivity (Wildman–Crippen MR) is 101 cm³/mol. The van der Waals surface area contributed by atoms with Gasteiger partial charge in [-0.3, -0.25) is 4.79 Å². The Morgan fingerprint density at radius 2 is 1.93 bits per heavy atom. The quantitative estimate of drug-likeness (QED) is 0.825. The zero-order chi connectivity index (χ0) is 19.0. The highest BCUT2D eigenvalue weighted by atomic mass is 32.1. The second-order valence-electron chi connectivity index (χ2n) is 8.01. The summed E-state index contributed by atoms with van der Waals surface area (Å²) in [7, 11) is 0. The number of nitrogens with zero attached hydrogens (tertiary/aromatic N) is 1. The summed E-state index contributed by atoms with van der Waals surface area (Å²) in [5, 5.41) is 19.8. The molecule has 2 aliphatic heterocycles. The number of aliphatic hydroxyl groups is 1.